The van der Waals surface area contributed by atoms with Crippen molar-refractivity contribution in [3.8, 4) is 22.3 Å². The van der Waals surface area contributed by atoms with Crippen LogP contribution in [0.4, 0.5) is 0 Å². The molecule has 4 aliphatic rings. The first-order valence-electron chi connectivity index (χ1n) is 15.2. The Morgan fingerprint density at radius 1 is 1.00 bits per heavy atom. The summed E-state index contributed by atoms with van der Waals surface area (Å²) < 4.78 is 6.64. The molecule has 3 heteroatoms. The zero-order valence-electron chi connectivity index (χ0n) is 23.8. The van der Waals surface area contributed by atoms with Gasteiger partial charge in [0.15, 0.2) is 0 Å². The monoisotopic (exact) mass is 545 g/mol. The first-order chi connectivity index (χ1) is 19.7. The molecule has 1 saturated carbocycles. The van der Waals surface area contributed by atoms with Crippen LogP contribution in [0.15, 0.2) is 70.5 Å². The van der Waals surface area contributed by atoms with Crippen LogP contribution in [-0.2, 0) is 11.2 Å². The SMILES string of the molecule is CCCOC1=c2c(ccc3c2=CCCC3C2(C3CCCC3)C=CC=CN=C2)-c2ccc(-c3ccsc3)c(C)c2C1. The standard InChI is InChI=1S/C37H39NOS/c1-3-20-39-35-22-33-25(2)28(26-17-21-40-23-26)13-14-29(33)32-16-15-30-31(36(32)35)11-8-12-34(30)37(27-9-4-5-10-27)18-6-7-19-38-24-37/h6-7,11,13-19,21,23-24,27,34H,3-5,8-10,12,20,22H2,1-2H3. The predicted molar refractivity (Wildman–Crippen MR) is 170 cm³/mol. The van der Waals surface area contributed by atoms with E-state index in [9.17, 15) is 0 Å². The van der Waals surface area contributed by atoms with Gasteiger partial charge in [-0.2, -0.15) is 11.3 Å². The fraction of sp³-hybridized carbons (Fsp3) is 0.378. The summed E-state index contributed by atoms with van der Waals surface area (Å²) in [5.74, 6) is 2.24. The summed E-state index contributed by atoms with van der Waals surface area (Å²) in [5, 5.41) is 7.20. The van der Waals surface area contributed by atoms with Gasteiger partial charge >= 0.3 is 0 Å². The van der Waals surface area contributed by atoms with E-state index in [0.29, 0.717) is 11.8 Å². The number of hydrogen-bond donors (Lipinski definition) is 0. The van der Waals surface area contributed by atoms with Gasteiger partial charge in [0.1, 0.15) is 5.76 Å². The van der Waals surface area contributed by atoms with Crippen molar-refractivity contribution in [2.24, 2.45) is 16.3 Å². The molecule has 40 heavy (non-hydrogen) atoms. The fourth-order valence-corrected chi connectivity index (χ4v) is 8.67. The predicted octanol–water partition coefficient (Wildman–Crippen LogP) is 8.47. The maximum Gasteiger partial charge on any atom is 0.109 e. The van der Waals surface area contributed by atoms with E-state index in [1.165, 1.54) is 81.5 Å². The van der Waals surface area contributed by atoms with Crippen LogP contribution in [0.5, 0.6) is 0 Å². The molecule has 2 heterocycles. The largest absolute Gasteiger partial charge is 0.497 e. The Balaban J connectivity index is 1.42. The molecule has 1 fully saturated rings. The fourth-order valence-electron chi connectivity index (χ4n) is 8.01. The van der Waals surface area contributed by atoms with E-state index in [1.807, 2.05) is 6.20 Å². The number of aliphatic imine (C=N–C) groups is 1. The highest BCUT2D eigenvalue weighted by Gasteiger charge is 2.45. The maximum absolute atomic E-state index is 6.64. The van der Waals surface area contributed by atoms with Crippen LogP contribution in [0.2, 0.25) is 0 Å². The summed E-state index contributed by atoms with van der Waals surface area (Å²) in [6.45, 7) is 5.26. The third-order valence-electron chi connectivity index (χ3n) is 9.91. The van der Waals surface area contributed by atoms with Crippen molar-refractivity contribution in [3.05, 3.63) is 92.6 Å². The van der Waals surface area contributed by atoms with E-state index in [4.69, 9.17) is 9.73 Å². The van der Waals surface area contributed by atoms with E-state index in [2.05, 4.69) is 85.5 Å². The van der Waals surface area contributed by atoms with Gasteiger partial charge in [0.25, 0.3) is 0 Å². The minimum Gasteiger partial charge on any atom is -0.497 e. The Kier molecular flexibility index (Phi) is 6.87. The van der Waals surface area contributed by atoms with Gasteiger partial charge < -0.3 is 4.74 Å². The van der Waals surface area contributed by atoms with Crippen LogP contribution in [0.3, 0.4) is 0 Å². The number of nitrogens with zero attached hydrogens (tertiary/aromatic N) is 1. The molecule has 0 spiro atoms. The van der Waals surface area contributed by atoms with Gasteiger partial charge in [-0.1, -0.05) is 62.3 Å². The van der Waals surface area contributed by atoms with Gasteiger partial charge in [-0.05, 0) is 118 Å². The summed E-state index contributed by atoms with van der Waals surface area (Å²) in [4.78, 5) is 4.82. The third kappa shape index (κ3) is 4.16. The minimum absolute atomic E-state index is 0.0275. The molecule has 204 valence electrons. The number of fused-ring (bicyclic) bond motifs is 5. The van der Waals surface area contributed by atoms with Crippen LogP contribution in [0, 0.1) is 18.3 Å². The van der Waals surface area contributed by atoms with Crippen molar-refractivity contribution in [1.82, 2.24) is 0 Å². The van der Waals surface area contributed by atoms with E-state index < -0.39 is 0 Å². The number of thiophene rings is 1. The zero-order valence-corrected chi connectivity index (χ0v) is 24.6. The second-order valence-electron chi connectivity index (χ2n) is 12.0. The van der Waals surface area contributed by atoms with Gasteiger partial charge in [-0.25, -0.2) is 0 Å². The smallest absolute Gasteiger partial charge is 0.109 e. The lowest BCUT2D eigenvalue weighted by atomic mass is 9.61. The van der Waals surface area contributed by atoms with Crippen molar-refractivity contribution in [2.45, 2.75) is 71.1 Å². The summed E-state index contributed by atoms with van der Waals surface area (Å²) in [6, 6.07) is 11.8. The quantitative estimate of drug-likeness (QED) is 0.304. The molecule has 3 aliphatic carbocycles. The summed E-state index contributed by atoms with van der Waals surface area (Å²) in [6.07, 6.45) is 23.1. The Morgan fingerprint density at radius 2 is 1.85 bits per heavy atom. The molecule has 1 aliphatic heterocycles. The number of rotatable bonds is 6. The van der Waals surface area contributed by atoms with Crippen molar-refractivity contribution in [1.29, 1.82) is 0 Å². The highest BCUT2D eigenvalue weighted by molar-refractivity contribution is 7.08. The van der Waals surface area contributed by atoms with Crippen molar-refractivity contribution in [3.63, 3.8) is 0 Å². The normalized spacial score (nSPS) is 23.4. The second-order valence-corrected chi connectivity index (χ2v) is 12.8. The van der Waals surface area contributed by atoms with Crippen molar-refractivity contribution < 1.29 is 4.74 Å². The molecular weight excluding hydrogens is 506 g/mol. The summed E-state index contributed by atoms with van der Waals surface area (Å²) >= 11 is 1.77. The Hall–Kier alpha value is -3.17. The topological polar surface area (TPSA) is 21.6 Å². The number of hydrogen-bond acceptors (Lipinski definition) is 3. The first-order valence-corrected chi connectivity index (χ1v) is 16.2. The number of benzene rings is 2. The van der Waals surface area contributed by atoms with Crippen LogP contribution in [-0.4, -0.2) is 12.8 Å². The Bertz CT molecular complexity index is 1620. The van der Waals surface area contributed by atoms with Crippen molar-refractivity contribution in [2.75, 3.05) is 6.61 Å². The van der Waals surface area contributed by atoms with Crippen molar-refractivity contribution >= 4 is 29.4 Å². The molecule has 7 rings (SSSR count). The average molecular weight is 546 g/mol. The van der Waals surface area contributed by atoms with E-state index >= 15 is 0 Å². The number of ether oxygens (including phenoxy) is 1. The third-order valence-corrected chi connectivity index (χ3v) is 10.6. The van der Waals surface area contributed by atoms with E-state index in [1.54, 1.807) is 11.3 Å². The molecule has 2 unspecified atom stereocenters. The molecule has 0 saturated heterocycles. The van der Waals surface area contributed by atoms with Gasteiger partial charge in [-0.3, -0.25) is 4.99 Å². The van der Waals surface area contributed by atoms with E-state index in [-0.39, 0.29) is 5.41 Å². The Labute approximate surface area is 242 Å². The Morgan fingerprint density at radius 3 is 2.67 bits per heavy atom. The van der Waals surface area contributed by atoms with Crippen LogP contribution in [0.25, 0.3) is 34.1 Å². The minimum atomic E-state index is -0.0275. The van der Waals surface area contributed by atoms with Gasteiger partial charge in [0.2, 0.25) is 0 Å². The molecule has 2 atom stereocenters. The molecular formula is C37H39NOS. The maximum atomic E-state index is 6.64. The zero-order chi connectivity index (χ0) is 27.1. The average Bonchev–Trinajstić information content (AvgIpc) is 3.68. The first kappa shape index (κ1) is 25.8. The molecule has 3 aromatic rings. The van der Waals surface area contributed by atoms with Gasteiger partial charge in [0, 0.05) is 29.5 Å². The highest BCUT2D eigenvalue weighted by atomic mass is 32.1. The van der Waals surface area contributed by atoms with Gasteiger partial charge in [0.05, 0.1) is 6.61 Å². The molecule has 1 aromatic heterocycles. The molecule has 0 radical (unpaired) electrons. The van der Waals surface area contributed by atoms with Crippen LogP contribution < -0.4 is 10.4 Å². The van der Waals surface area contributed by atoms with Crippen LogP contribution in [0.1, 0.15) is 74.5 Å². The lowest BCUT2D eigenvalue weighted by Crippen LogP contribution is -2.44. The molecule has 2 nitrogen and oxygen atoms in total. The van der Waals surface area contributed by atoms with Gasteiger partial charge in [-0.15, -0.1) is 0 Å². The summed E-state index contributed by atoms with van der Waals surface area (Å²) in [5.41, 5.74) is 9.63. The molecule has 0 bridgehead atoms. The lowest BCUT2D eigenvalue weighted by Gasteiger charge is -2.42. The molecule has 0 N–H and O–H groups in total. The highest BCUT2D eigenvalue weighted by Crippen LogP contribution is 2.51. The lowest BCUT2D eigenvalue weighted by molar-refractivity contribution is 0.262. The second kappa shape index (κ2) is 10.7. The molecule has 2 aromatic carbocycles. The molecule has 0 amide bonds. The van der Waals surface area contributed by atoms with Crippen LogP contribution >= 0.6 is 11.3 Å². The van der Waals surface area contributed by atoms with E-state index in [0.717, 1.165) is 31.6 Å². The number of allylic oxidation sites excluding steroid dienone is 3. The summed E-state index contributed by atoms with van der Waals surface area (Å²) in [7, 11) is 0.